The van der Waals surface area contributed by atoms with Crippen molar-refractivity contribution >= 4 is 5.91 Å². The number of carbonyl (C=O) groups excluding carboxylic acids is 1. The Balaban J connectivity index is 2.45. The van der Waals surface area contributed by atoms with E-state index in [1.165, 1.54) is 0 Å². The standard InChI is InChI=1S/C15H25N3O2/c1-5-13(6-2)18-15(19)11(3)17-10-12-7-8-16-14(9-12)20-4/h7-9,11,13,17H,5-6,10H2,1-4H3,(H,18,19). The van der Waals surface area contributed by atoms with E-state index in [4.69, 9.17) is 4.74 Å². The summed E-state index contributed by atoms with van der Waals surface area (Å²) in [4.78, 5) is 16.1. The van der Waals surface area contributed by atoms with Crippen molar-refractivity contribution in [2.75, 3.05) is 7.11 Å². The van der Waals surface area contributed by atoms with E-state index in [0.717, 1.165) is 18.4 Å². The van der Waals surface area contributed by atoms with Crippen LogP contribution in [-0.4, -0.2) is 30.1 Å². The molecule has 0 aliphatic heterocycles. The predicted octanol–water partition coefficient (Wildman–Crippen LogP) is 1.87. The monoisotopic (exact) mass is 279 g/mol. The molecular formula is C15H25N3O2. The van der Waals surface area contributed by atoms with Gasteiger partial charge in [0.15, 0.2) is 0 Å². The molecule has 1 amide bonds. The third kappa shape index (κ3) is 5.17. The molecule has 0 saturated carbocycles. The van der Waals surface area contributed by atoms with Crippen LogP contribution in [0, 0.1) is 0 Å². The zero-order chi connectivity index (χ0) is 15.0. The topological polar surface area (TPSA) is 63.2 Å². The van der Waals surface area contributed by atoms with Crippen LogP contribution in [0.5, 0.6) is 5.88 Å². The zero-order valence-corrected chi connectivity index (χ0v) is 12.8. The van der Waals surface area contributed by atoms with Crippen molar-refractivity contribution in [1.29, 1.82) is 0 Å². The first-order valence-corrected chi connectivity index (χ1v) is 7.13. The molecule has 0 radical (unpaired) electrons. The lowest BCUT2D eigenvalue weighted by molar-refractivity contribution is -0.123. The number of aromatic nitrogens is 1. The van der Waals surface area contributed by atoms with Crippen molar-refractivity contribution in [3.8, 4) is 5.88 Å². The van der Waals surface area contributed by atoms with Gasteiger partial charge in [-0.1, -0.05) is 13.8 Å². The Morgan fingerprint density at radius 2 is 2.10 bits per heavy atom. The Morgan fingerprint density at radius 3 is 2.70 bits per heavy atom. The van der Waals surface area contributed by atoms with Crippen LogP contribution in [0.2, 0.25) is 0 Å². The van der Waals surface area contributed by atoms with Crippen LogP contribution in [0.3, 0.4) is 0 Å². The van der Waals surface area contributed by atoms with Crippen LogP contribution in [0.4, 0.5) is 0 Å². The SMILES string of the molecule is CCC(CC)NC(=O)C(C)NCc1ccnc(OC)c1. The van der Waals surface area contributed by atoms with Gasteiger partial charge in [0, 0.05) is 24.8 Å². The summed E-state index contributed by atoms with van der Waals surface area (Å²) < 4.78 is 5.07. The molecular weight excluding hydrogens is 254 g/mol. The highest BCUT2D eigenvalue weighted by Crippen LogP contribution is 2.08. The number of nitrogens with zero attached hydrogens (tertiary/aromatic N) is 1. The van der Waals surface area contributed by atoms with Crippen LogP contribution >= 0.6 is 0 Å². The molecule has 1 rings (SSSR count). The maximum Gasteiger partial charge on any atom is 0.237 e. The summed E-state index contributed by atoms with van der Waals surface area (Å²) in [7, 11) is 1.59. The second-order valence-electron chi connectivity index (χ2n) is 4.83. The smallest absolute Gasteiger partial charge is 0.237 e. The minimum atomic E-state index is -0.227. The number of carbonyl (C=O) groups is 1. The number of rotatable bonds is 8. The molecule has 0 aliphatic carbocycles. The van der Waals surface area contributed by atoms with E-state index in [1.54, 1.807) is 13.3 Å². The molecule has 1 unspecified atom stereocenters. The number of hydrogen-bond acceptors (Lipinski definition) is 4. The summed E-state index contributed by atoms with van der Waals surface area (Å²) in [6.07, 6.45) is 3.61. The number of nitrogens with one attached hydrogen (secondary N) is 2. The van der Waals surface area contributed by atoms with Crippen molar-refractivity contribution in [2.24, 2.45) is 0 Å². The molecule has 1 heterocycles. The van der Waals surface area contributed by atoms with Gasteiger partial charge in [-0.3, -0.25) is 4.79 Å². The first kappa shape index (κ1) is 16.4. The molecule has 5 heteroatoms. The van der Waals surface area contributed by atoms with Gasteiger partial charge in [-0.05, 0) is 31.4 Å². The summed E-state index contributed by atoms with van der Waals surface area (Å²) in [6, 6.07) is 3.79. The van der Waals surface area contributed by atoms with Crippen LogP contribution < -0.4 is 15.4 Å². The Morgan fingerprint density at radius 1 is 1.40 bits per heavy atom. The van der Waals surface area contributed by atoms with Crippen molar-refractivity contribution in [3.05, 3.63) is 23.9 Å². The van der Waals surface area contributed by atoms with E-state index in [0.29, 0.717) is 12.4 Å². The summed E-state index contributed by atoms with van der Waals surface area (Å²) >= 11 is 0. The molecule has 1 aromatic rings. The molecule has 0 spiro atoms. The highest BCUT2D eigenvalue weighted by Gasteiger charge is 2.15. The summed E-state index contributed by atoms with van der Waals surface area (Å²) in [5.74, 6) is 0.623. The first-order valence-electron chi connectivity index (χ1n) is 7.13. The lowest BCUT2D eigenvalue weighted by Gasteiger charge is -2.19. The average Bonchev–Trinajstić information content (AvgIpc) is 2.50. The summed E-state index contributed by atoms with van der Waals surface area (Å²) in [5.41, 5.74) is 1.04. The van der Waals surface area contributed by atoms with Crippen LogP contribution in [0.1, 0.15) is 39.2 Å². The van der Waals surface area contributed by atoms with Gasteiger partial charge in [0.2, 0.25) is 11.8 Å². The number of pyridine rings is 1. The summed E-state index contributed by atoms with van der Waals surface area (Å²) in [5, 5.41) is 6.24. The van der Waals surface area contributed by atoms with Gasteiger partial charge in [-0.25, -0.2) is 4.98 Å². The van der Waals surface area contributed by atoms with Gasteiger partial charge < -0.3 is 15.4 Å². The van der Waals surface area contributed by atoms with E-state index in [2.05, 4.69) is 29.5 Å². The lowest BCUT2D eigenvalue weighted by atomic mass is 10.1. The fourth-order valence-electron chi connectivity index (χ4n) is 1.85. The highest BCUT2D eigenvalue weighted by atomic mass is 16.5. The molecule has 0 aliphatic rings. The van der Waals surface area contributed by atoms with Gasteiger partial charge >= 0.3 is 0 Å². The molecule has 20 heavy (non-hydrogen) atoms. The van der Waals surface area contributed by atoms with Crippen LogP contribution in [-0.2, 0) is 11.3 Å². The van der Waals surface area contributed by atoms with E-state index in [-0.39, 0.29) is 18.0 Å². The predicted molar refractivity (Wildman–Crippen MR) is 79.6 cm³/mol. The van der Waals surface area contributed by atoms with Gasteiger partial charge in [-0.15, -0.1) is 0 Å². The van der Waals surface area contributed by atoms with Gasteiger partial charge in [-0.2, -0.15) is 0 Å². The van der Waals surface area contributed by atoms with E-state index < -0.39 is 0 Å². The highest BCUT2D eigenvalue weighted by molar-refractivity contribution is 5.81. The normalized spacial score (nSPS) is 12.2. The number of methoxy groups -OCH3 is 1. The first-order chi connectivity index (χ1) is 9.60. The molecule has 0 saturated heterocycles. The van der Waals surface area contributed by atoms with E-state index >= 15 is 0 Å². The maximum atomic E-state index is 12.0. The average molecular weight is 279 g/mol. The largest absolute Gasteiger partial charge is 0.481 e. The fourth-order valence-corrected chi connectivity index (χ4v) is 1.85. The fraction of sp³-hybridized carbons (Fsp3) is 0.600. The maximum absolute atomic E-state index is 12.0. The third-order valence-corrected chi connectivity index (χ3v) is 3.35. The third-order valence-electron chi connectivity index (χ3n) is 3.35. The molecule has 5 nitrogen and oxygen atoms in total. The molecule has 112 valence electrons. The Bertz CT molecular complexity index is 419. The van der Waals surface area contributed by atoms with Gasteiger partial charge in [0.25, 0.3) is 0 Å². The van der Waals surface area contributed by atoms with Crippen LogP contribution in [0.15, 0.2) is 18.3 Å². The Hall–Kier alpha value is -1.62. The zero-order valence-electron chi connectivity index (χ0n) is 12.8. The lowest BCUT2D eigenvalue weighted by Crippen LogP contribution is -2.45. The molecule has 0 bridgehead atoms. The minimum absolute atomic E-state index is 0.0414. The second-order valence-corrected chi connectivity index (χ2v) is 4.83. The second kappa shape index (κ2) is 8.53. The van der Waals surface area contributed by atoms with Crippen molar-refractivity contribution in [1.82, 2.24) is 15.6 Å². The Labute approximate surface area is 121 Å². The quantitative estimate of drug-likeness (QED) is 0.762. The van der Waals surface area contributed by atoms with Crippen LogP contribution in [0.25, 0.3) is 0 Å². The molecule has 2 N–H and O–H groups in total. The molecule has 0 aromatic carbocycles. The molecule has 1 atom stereocenters. The summed E-state index contributed by atoms with van der Waals surface area (Å²) in [6.45, 7) is 6.64. The van der Waals surface area contributed by atoms with Crippen molar-refractivity contribution in [3.63, 3.8) is 0 Å². The van der Waals surface area contributed by atoms with Gasteiger partial charge in [0.05, 0.1) is 13.2 Å². The minimum Gasteiger partial charge on any atom is -0.481 e. The Kier molecular flexibility index (Phi) is 7.01. The van der Waals surface area contributed by atoms with Crippen molar-refractivity contribution in [2.45, 2.75) is 52.2 Å². The van der Waals surface area contributed by atoms with E-state index in [1.807, 2.05) is 19.1 Å². The number of hydrogen-bond donors (Lipinski definition) is 2. The molecule has 0 fully saturated rings. The van der Waals surface area contributed by atoms with E-state index in [9.17, 15) is 4.79 Å². The van der Waals surface area contributed by atoms with Gasteiger partial charge in [0.1, 0.15) is 0 Å². The number of amides is 1. The number of ether oxygens (including phenoxy) is 1. The van der Waals surface area contributed by atoms with Crippen molar-refractivity contribution < 1.29 is 9.53 Å². The molecule has 1 aromatic heterocycles.